The monoisotopic (exact) mass is 305 g/mol. The molecule has 2 aromatic carbocycles. The van der Waals surface area contributed by atoms with Crippen LogP contribution in [-0.4, -0.2) is 9.55 Å². The predicted molar refractivity (Wildman–Crippen MR) is 73.1 cm³/mol. The Hall–Kier alpha value is -1.88. The molecular formula is C13H9BrFN3. The van der Waals surface area contributed by atoms with E-state index in [0.29, 0.717) is 11.5 Å². The second-order valence-electron chi connectivity index (χ2n) is 3.91. The van der Waals surface area contributed by atoms with Crippen LogP contribution in [0.3, 0.4) is 0 Å². The van der Waals surface area contributed by atoms with Gasteiger partial charge in [0.1, 0.15) is 5.82 Å². The van der Waals surface area contributed by atoms with Gasteiger partial charge in [0.15, 0.2) is 0 Å². The fourth-order valence-electron chi connectivity index (χ4n) is 1.93. The summed E-state index contributed by atoms with van der Waals surface area (Å²) in [4.78, 5) is 4.16. The van der Waals surface area contributed by atoms with Gasteiger partial charge in [-0.3, -0.25) is 4.57 Å². The van der Waals surface area contributed by atoms with Gasteiger partial charge in [0.05, 0.1) is 11.0 Å². The maximum Gasteiger partial charge on any atom is 0.205 e. The molecule has 0 unspecified atom stereocenters. The summed E-state index contributed by atoms with van der Waals surface area (Å²) in [6, 6.07) is 12.1. The predicted octanol–water partition coefficient (Wildman–Crippen LogP) is 3.51. The zero-order valence-electron chi connectivity index (χ0n) is 9.27. The molecule has 3 nitrogen and oxygen atoms in total. The van der Waals surface area contributed by atoms with Gasteiger partial charge in [-0.2, -0.15) is 0 Å². The van der Waals surface area contributed by atoms with Gasteiger partial charge < -0.3 is 5.73 Å². The molecule has 1 heterocycles. The summed E-state index contributed by atoms with van der Waals surface area (Å²) in [7, 11) is 0. The molecule has 18 heavy (non-hydrogen) atoms. The molecule has 0 saturated heterocycles. The number of nitrogens with zero attached hydrogens (tertiary/aromatic N) is 2. The SMILES string of the molecule is Nc1nc2cc(F)ccc2n1-c1ccc(Br)cc1. The number of nitrogen functional groups attached to an aromatic ring is 1. The first kappa shape index (κ1) is 11.2. The first-order valence-electron chi connectivity index (χ1n) is 5.34. The van der Waals surface area contributed by atoms with Gasteiger partial charge in [-0.15, -0.1) is 0 Å². The minimum absolute atomic E-state index is 0.317. The van der Waals surface area contributed by atoms with Crippen LogP contribution in [0, 0.1) is 5.82 Å². The van der Waals surface area contributed by atoms with Crippen LogP contribution in [0.25, 0.3) is 16.7 Å². The molecule has 0 amide bonds. The number of aromatic nitrogens is 2. The van der Waals surface area contributed by atoms with Gasteiger partial charge in [-0.05, 0) is 36.4 Å². The highest BCUT2D eigenvalue weighted by atomic mass is 79.9. The van der Waals surface area contributed by atoms with Crippen LogP contribution >= 0.6 is 15.9 Å². The Labute approximate surface area is 111 Å². The van der Waals surface area contributed by atoms with Crippen molar-refractivity contribution in [3.63, 3.8) is 0 Å². The Morgan fingerprint density at radius 3 is 2.56 bits per heavy atom. The second kappa shape index (κ2) is 4.10. The number of nitrogens with two attached hydrogens (primary N) is 1. The minimum Gasteiger partial charge on any atom is -0.369 e. The number of fused-ring (bicyclic) bond motifs is 1. The van der Waals surface area contributed by atoms with E-state index in [1.807, 2.05) is 24.3 Å². The summed E-state index contributed by atoms with van der Waals surface area (Å²) in [5.74, 6) is 0.0286. The zero-order valence-corrected chi connectivity index (χ0v) is 10.9. The third kappa shape index (κ3) is 1.76. The van der Waals surface area contributed by atoms with Crippen molar-refractivity contribution in [1.29, 1.82) is 0 Å². The quantitative estimate of drug-likeness (QED) is 0.747. The van der Waals surface area contributed by atoms with Crippen LogP contribution in [-0.2, 0) is 0 Å². The summed E-state index contributed by atoms with van der Waals surface area (Å²) in [5, 5.41) is 0. The van der Waals surface area contributed by atoms with Gasteiger partial charge in [-0.1, -0.05) is 15.9 Å². The number of halogens is 2. The van der Waals surface area contributed by atoms with E-state index in [-0.39, 0.29) is 5.82 Å². The van der Waals surface area contributed by atoms with Crippen molar-refractivity contribution < 1.29 is 4.39 Å². The molecule has 0 aliphatic rings. The molecule has 0 bridgehead atoms. The number of hydrogen-bond donors (Lipinski definition) is 1. The first-order valence-corrected chi connectivity index (χ1v) is 6.14. The Morgan fingerprint density at radius 1 is 1.11 bits per heavy atom. The Balaban J connectivity index is 2.28. The van der Waals surface area contributed by atoms with E-state index in [4.69, 9.17) is 5.73 Å². The Bertz CT molecular complexity index is 719. The average molecular weight is 306 g/mol. The van der Waals surface area contributed by atoms with Crippen LogP contribution in [0.1, 0.15) is 0 Å². The van der Waals surface area contributed by atoms with Crippen LogP contribution < -0.4 is 5.73 Å². The van der Waals surface area contributed by atoms with Crippen molar-refractivity contribution in [2.45, 2.75) is 0 Å². The minimum atomic E-state index is -0.317. The van der Waals surface area contributed by atoms with Crippen molar-refractivity contribution in [1.82, 2.24) is 9.55 Å². The van der Waals surface area contributed by atoms with Crippen LogP contribution in [0.2, 0.25) is 0 Å². The molecular weight excluding hydrogens is 297 g/mol. The normalized spacial score (nSPS) is 11.0. The highest BCUT2D eigenvalue weighted by Crippen LogP contribution is 2.24. The first-order chi connectivity index (χ1) is 8.65. The van der Waals surface area contributed by atoms with Crippen molar-refractivity contribution >= 4 is 32.9 Å². The van der Waals surface area contributed by atoms with Gasteiger partial charge >= 0.3 is 0 Å². The van der Waals surface area contributed by atoms with Crippen molar-refractivity contribution in [2.24, 2.45) is 0 Å². The maximum atomic E-state index is 13.1. The van der Waals surface area contributed by atoms with Gasteiger partial charge in [-0.25, -0.2) is 9.37 Å². The summed E-state index contributed by atoms with van der Waals surface area (Å²) in [6.07, 6.45) is 0. The van der Waals surface area contributed by atoms with E-state index in [0.717, 1.165) is 15.7 Å². The van der Waals surface area contributed by atoms with Crippen molar-refractivity contribution in [2.75, 3.05) is 5.73 Å². The highest BCUT2D eigenvalue weighted by molar-refractivity contribution is 9.10. The van der Waals surface area contributed by atoms with Crippen LogP contribution in [0.5, 0.6) is 0 Å². The maximum absolute atomic E-state index is 13.1. The highest BCUT2D eigenvalue weighted by Gasteiger charge is 2.10. The molecule has 1 aromatic heterocycles. The molecule has 5 heteroatoms. The number of imidazole rings is 1. The molecule has 0 aliphatic carbocycles. The molecule has 0 fully saturated rings. The smallest absolute Gasteiger partial charge is 0.205 e. The van der Waals surface area contributed by atoms with Crippen LogP contribution in [0.15, 0.2) is 46.9 Å². The van der Waals surface area contributed by atoms with Gasteiger partial charge in [0.2, 0.25) is 5.95 Å². The largest absolute Gasteiger partial charge is 0.369 e. The lowest BCUT2D eigenvalue weighted by atomic mass is 10.3. The Morgan fingerprint density at radius 2 is 1.83 bits per heavy atom. The van der Waals surface area contributed by atoms with E-state index >= 15 is 0 Å². The van der Waals surface area contributed by atoms with E-state index in [1.54, 1.807) is 10.6 Å². The molecule has 3 rings (SSSR count). The third-order valence-corrected chi connectivity index (χ3v) is 3.26. The van der Waals surface area contributed by atoms with E-state index in [1.165, 1.54) is 12.1 Å². The van der Waals surface area contributed by atoms with Crippen molar-refractivity contribution in [3.8, 4) is 5.69 Å². The zero-order chi connectivity index (χ0) is 12.7. The number of benzene rings is 2. The standard InChI is InChI=1S/C13H9BrFN3/c14-8-1-4-10(5-2-8)18-12-6-3-9(15)7-11(12)17-13(18)16/h1-7H,(H2,16,17). The second-order valence-corrected chi connectivity index (χ2v) is 4.83. The van der Waals surface area contributed by atoms with E-state index in [9.17, 15) is 4.39 Å². The fraction of sp³-hybridized carbons (Fsp3) is 0. The van der Waals surface area contributed by atoms with Crippen LogP contribution in [0.4, 0.5) is 10.3 Å². The molecule has 2 N–H and O–H groups in total. The lowest BCUT2D eigenvalue weighted by molar-refractivity contribution is 0.629. The average Bonchev–Trinajstić information content (AvgIpc) is 2.65. The van der Waals surface area contributed by atoms with Gasteiger partial charge in [0, 0.05) is 16.2 Å². The topological polar surface area (TPSA) is 43.8 Å². The lowest BCUT2D eigenvalue weighted by Gasteiger charge is -2.06. The summed E-state index contributed by atoms with van der Waals surface area (Å²) in [5.41, 5.74) is 8.12. The number of rotatable bonds is 1. The fourth-order valence-corrected chi connectivity index (χ4v) is 2.20. The lowest BCUT2D eigenvalue weighted by Crippen LogP contribution is -2.00. The van der Waals surface area contributed by atoms with Gasteiger partial charge in [0.25, 0.3) is 0 Å². The summed E-state index contributed by atoms with van der Waals surface area (Å²) in [6.45, 7) is 0. The third-order valence-electron chi connectivity index (χ3n) is 2.73. The number of hydrogen-bond acceptors (Lipinski definition) is 2. The van der Waals surface area contributed by atoms with E-state index in [2.05, 4.69) is 20.9 Å². The molecule has 0 radical (unpaired) electrons. The molecule has 0 aliphatic heterocycles. The molecule has 0 atom stereocenters. The molecule has 0 saturated carbocycles. The number of anilines is 1. The molecule has 90 valence electrons. The van der Waals surface area contributed by atoms with Crippen molar-refractivity contribution in [3.05, 3.63) is 52.8 Å². The Kier molecular flexibility index (Phi) is 2.56. The summed E-state index contributed by atoms with van der Waals surface area (Å²) >= 11 is 3.38. The summed E-state index contributed by atoms with van der Waals surface area (Å²) < 4.78 is 15.9. The molecule has 0 spiro atoms. The molecule has 3 aromatic rings. The van der Waals surface area contributed by atoms with E-state index < -0.39 is 0 Å².